The Labute approximate surface area is 189 Å². The zero-order chi connectivity index (χ0) is 22.2. The van der Waals surface area contributed by atoms with Crippen LogP contribution in [0.1, 0.15) is 16.9 Å². The number of methoxy groups -OCH3 is 1. The van der Waals surface area contributed by atoms with E-state index >= 15 is 0 Å². The zero-order valence-electron chi connectivity index (χ0n) is 18.5. The number of carbonyl (C=O) groups is 1. The number of amides is 1. The molecule has 168 valence electrons. The topological polar surface area (TPSA) is 63.9 Å². The number of fused-ring (bicyclic) bond motifs is 1. The van der Waals surface area contributed by atoms with Gasteiger partial charge in [-0.3, -0.25) is 9.69 Å². The van der Waals surface area contributed by atoms with E-state index in [2.05, 4.69) is 34.5 Å². The minimum absolute atomic E-state index is 0.0273. The van der Waals surface area contributed by atoms with E-state index in [9.17, 15) is 4.79 Å². The second-order valence-electron chi connectivity index (χ2n) is 8.07. The summed E-state index contributed by atoms with van der Waals surface area (Å²) in [6.07, 6.45) is 3.30. The van der Waals surface area contributed by atoms with Crippen molar-refractivity contribution >= 4 is 5.91 Å². The van der Waals surface area contributed by atoms with Crippen LogP contribution in [0, 0.1) is 5.92 Å². The fourth-order valence-electron chi connectivity index (χ4n) is 3.97. The molecule has 2 heterocycles. The molecule has 1 aromatic heterocycles. The first-order valence-corrected chi connectivity index (χ1v) is 11.1. The summed E-state index contributed by atoms with van der Waals surface area (Å²) in [4.78, 5) is 15.1. The Morgan fingerprint density at radius 2 is 2.00 bits per heavy atom. The van der Waals surface area contributed by atoms with Crippen LogP contribution in [-0.4, -0.2) is 44.2 Å². The Balaban J connectivity index is 1.29. The molecule has 0 aliphatic carbocycles. The van der Waals surface area contributed by atoms with E-state index in [1.807, 2.05) is 36.4 Å². The number of furan rings is 1. The Kier molecular flexibility index (Phi) is 7.46. The molecule has 3 aromatic rings. The first kappa shape index (κ1) is 22.0. The van der Waals surface area contributed by atoms with E-state index in [1.165, 1.54) is 5.56 Å². The van der Waals surface area contributed by atoms with Crippen LogP contribution in [-0.2, 0) is 24.2 Å². The van der Waals surface area contributed by atoms with E-state index in [-0.39, 0.29) is 11.8 Å². The third-order valence-electron chi connectivity index (χ3n) is 5.79. The SMILES string of the molecule is COc1ccc2c(c1)C[C@H](C(=O)NCCN(CCc1ccccc1)Cc1ccco1)CO2. The van der Waals surface area contributed by atoms with Crippen LogP contribution in [0.25, 0.3) is 0 Å². The van der Waals surface area contributed by atoms with E-state index in [0.29, 0.717) is 19.6 Å². The molecule has 1 amide bonds. The summed E-state index contributed by atoms with van der Waals surface area (Å²) in [7, 11) is 1.64. The molecule has 0 saturated heterocycles. The lowest BCUT2D eigenvalue weighted by atomic mass is 9.96. The highest BCUT2D eigenvalue weighted by molar-refractivity contribution is 5.79. The van der Waals surface area contributed by atoms with Gasteiger partial charge in [-0.15, -0.1) is 0 Å². The number of hydrogen-bond acceptors (Lipinski definition) is 5. The van der Waals surface area contributed by atoms with E-state index in [1.54, 1.807) is 13.4 Å². The van der Waals surface area contributed by atoms with Gasteiger partial charge in [0.15, 0.2) is 0 Å². The minimum Gasteiger partial charge on any atom is -0.497 e. The summed E-state index contributed by atoms with van der Waals surface area (Å²) in [5, 5.41) is 3.10. The van der Waals surface area contributed by atoms with Crippen molar-refractivity contribution < 1.29 is 18.7 Å². The zero-order valence-corrected chi connectivity index (χ0v) is 18.5. The van der Waals surface area contributed by atoms with Crippen LogP contribution in [0.5, 0.6) is 11.5 Å². The Morgan fingerprint density at radius 1 is 1.12 bits per heavy atom. The molecule has 1 N–H and O–H groups in total. The standard InChI is InChI=1S/C26H30N2O4/c1-30-23-9-10-25-21(17-23)16-22(19-32-25)26(29)27-12-14-28(18-24-8-5-15-31-24)13-11-20-6-3-2-4-7-20/h2-10,15,17,22H,11-14,16,18-19H2,1H3,(H,27,29)/t22-/m0/s1. The van der Waals surface area contributed by atoms with Gasteiger partial charge in [-0.2, -0.15) is 0 Å². The molecule has 2 aromatic carbocycles. The summed E-state index contributed by atoms with van der Waals surface area (Å²) < 4.78 is 16.6. The molecule has 32 heavy (non-hydrogen) atoms. The van der Waals surface area contributed by atoms with Gasteiger partial charge in [0, 0.05) is 19.6 Å². The van der Waals surface area contributed by atoms with Crippen molar-refractivity contribution in [1.29, 1.82) is 0 Å². The summed E-state index contributed by atoms with van der Waals surface area (Å²) >= 11 is 0. The average molecular weight is 435 g/mol. The molecule has 0 fully saturated rings. The molecule has 0 bridgehead atoms. The van der Waals surface area contributed by atoms with Gasteiger partial charge in [0.25, 0.3) is 0 Å². The Bertz CT molecular complexity index is 988. The lowest BCUT2D eigenvalue weighted by molar-refractivity contribution is -0.126. The van der Waals surface area contributed by atoms with Crippen molar-refractivity contribution in [3.63, 3.8) is 0 Å². The molecule has 1 atom stereocenters. The van der Waals surface area contributed by atoms with Gasteiger partial charge in [-0.25, -0.2) is 0 Å². The maximum absolute atomic E-state index is 12.8. The van der Waals surface area contributed by atoms with Gasteiger partial charge >= 0.3 is 0 Å². The van der Waals surface area contributed by atoms with Crippen LogP contribution in [0.2, 0.25) is 0 Å². The highest BCUT2D eigenvalue weighted by Crippen LogP contribution is 2.30. The number of ether oxygens (including phenoxy) is 2. The molecular formula is C26H30N2O4. The smallest absolute Gasteiger partial charge is 0.226 e. The van der Waals surface area contributed by atoms with E-state index in [0.717, 1.165) is 48.9 Å². The number of benzene rings is 2. The fourth-order valence-corrected chi connectivity index (χ4v) is 3.97. The summed E-state index contributed by atoms with van der Waals surface area (Å²) in [6.45, 7) is 3.33. The van der Waals surface area contributed by atoms with Gasteiger partial charge in [0.1, 0.15) is 23.9 Å². The molecule has 0 spiro atoms. The molecular weight excluding hydrogens is 404 g/mol. The van der Waals surface area contributed by atoms with Crippen LogP contribution in [0.15, 0.2) is 71.3 Å². The van der Waals surface area contributed by atoms with Crippen molar-refractivity contribution in [2.24, 2.45) is 5.92 Å². The molecule has 6 nitrogen and oxygen atoms in total. The van der Waals surface area contributed by atoms with Crippen molar-refractivity contribution in [3.8, 4) is 11.5 Å². The number of nitrogens with zero attached hydrogens (tertiary/aromatic N) is 1. The normalized spacial score (nSPS) is 15.1. The fraction of sp³-hybridized carbons (Fsp3) is 0.346. The summed E-state index contributed by atoms with van der Waals surface area (Å²) in [5.74, 6) is 2.37. The molecule has 4 rings (SSSR count). The first-order valence-electron chi connectivity index (χ1n) is 11.1. The Hall–Kier alpha value is -3.25. The number of rotatable bonds is 10. The van der Waals surface area contributed by atoms with Gasteiger partial charge in [-0.1, -0.05) is 30.3 Å². The lowest BCUT2D eigenvalue weighted by Gasteiger charge is -2.26. The average Bonchev–Trinajstić information content (AvgIpc) is 3.35. The Morgan fingerprint density at radius 3 is 2.78 bits per heavy atom. The second kappa shape index (κ2) is 10.9. The summed E-state index contributed by atoms with van der Waals surface area (Å²) in [5.41, 5.74) is 2.31. The number of carbonyl (C=O) groups excluding carboxylic acids is 1. The first-order chi connectivity index (χ1) is 15.7. The van der Waals surface area contributed by atoms with Crippen molar-refractivity contribution in [2.75, 3.05) is 33.4 Å². The quantitative estimate of drug-likeness (QED) is 0.527. The number of nitrogens with one attached hydrogen (secondary N) is 1. The molecule has 0 radical (unpaired) electrons. The molecule has 0 saturated carbocycles. The molecule has 1 aliphatic rings. The van der Waals surface area contributed by atoms with Crippen molar-refractivity contribution in [1.82, 2.24) is 10.2 Å². The van der Waals surface area contributed by atoms with Crippen molar-refractivity contribution in [3.05, 3.63) is 83.8 Å². The van der Waals surface area contributed by atoms with Gasteiger partial charge in [0.2, 0.25) is 5.91 Å². The monoisotopic (exact) mass is 434 g/mol. The molecule has 6 heteroatoms. The van der Waals surface area contributed by atoms with Crippen LogP contribution < -0.4 is 14.8 Å². The number of hydrogen-bond donors (Lipinski definition) is 1. The highest BCUT2D eigenvalue weighted by atomic mass is 16.5. The summed E-state index contributed by atoms with van der Waals surface area (Å²) in [6, 6.07) is 20.1. The van der Waals surface area contributed by atoms with E-state index < -0.39 is 0 Å². The largest absolute Gasteiger partial charge is 0.497 e. The van der Waals surface area contributed by atoms with Crippen LogP contribution in [0.3, 0.4) is 0 Å². The molecule has 0 unspecified atom stereocenters. The van der Waals surface area contributed by atoms with Gasteiger partial charge < -0.3 is 19.2 Å². The lowest BCUT2D eigenvalue weighted by Crippen LogP contribution is -2.41. The van der Waals surface area contributed by atoms with Gasteiger partial charge in [0.05, 0.1) is 25.8 Å². The minimum atomic E-state index is -0.197. The predicted octanol–water partition coefficient (Wildman–Crippen LogP) is 3.70. The van der Waals surface area contributed by atoms with Gasteiger partial charge in [-0.05, 0) is 54.3 Å². The third-order valence-corrected chi connectivity index (χ3v) is 5.79. The second-order valence-corrected chi connectivity index (χ2v) is 8.07. The van der Waals surface area contributed by atoms with Crippen LogP contribution >= 0.6 is 0 Å². The van der Waals surface area contributed by atoms with E-state index in [4.69, 9.17) is 13.9 Å². The van der Waals surface area contributed by atoms with Crippen LogP contribution in [0.4, 0.5) is 0 Å². The third kappa shape index (κ3) is 5.92. The van der Waals surface area contributed by atoms with Crippen molar-refractivity contribution in [2.45, 2.75) is 19.4 Å². The maximum atomic E-state index is 12.8. The predicted molar refractivity (Wildman–Crippen MR) is 123 cm³/mol. The molecule has 1 aliphatic heterocycles. The maximum Gasteiger partial charge on any atom is 0.226 e. The highest BCUT2D eigenvalue weighted by Gasteiger charge is 2.26.